The first kappa shape index (κ1) is 32.2. The number of amides is 3. The summed E-state index contributed by atoms with van der Waals surface area (Å²) >= 11 is 1.01. The van der Waals surface area contributed by atoms with E-state index < -0.39 is 42.2 Å². The van der Waals surface area contributed by atoms with Crippen molar-refractivity contribution in [3.05, 3.63) is 70.6 Å². The molecule has 2 saturated heterocycles. The summed E-state index contributed by atoms with van der Waals surface area (Å²) in [4.78, 5) is 62.8. The highest BCUT2D eigenvalue weighted by atomic mass is 32.1. The molecule has 5 rings (SSSR count). The predicted molar refractivity (Wildman–Crippen MR) is 164 cm³/mol. The second-order valence-corrected chi connectivity index (χ2v) is 15.3. The molecule has 3 amide bonds. The Morgan fingerprint density at radius 2 is 1.73 bits per heavy atom. The summed E-state index contributed by atoms with van der Waals surface area (Å²) in [6.45, 7) is 7.05. The first-order chi connectivity index (χ1) is 20.6. The van der Waals surface area contributed by atoms with Crippen molar-refractivity contribution < 1.29 is 37.5 Å². The summed E-state index contributed by atoms with van der Waals surface area (Å²) in [5.41, 5.74) is -4.77. The summed E-state index contributed by atoms with van der Waals surface area (Å²) < 4.78 is 40.3. The van der Waals surface area contributed by atoms with Crippen LogP contribution in [0, 0.1) is 5.41 Å². The van der Waals surface area contributed by atoms with Crippen molar-refractivity contribution in [1.29, 1.82) is 0 Å². The highest BCUT2D eigenvalue weighted by molar-refractivity contribution is 7.52. The smallest absolute Gasteiger partial charge is 0.340 e. The maximum atomic E-state index is 14.3. The van der Waals surface area contributed by atoms with Gasteiger partial charge in [-0.1, -0.05) is 57.2 Å². The summed E-state index contributed by atoms with van der Waals surface area (Å²) in [6, 6.07) is 13.0. The molecule has 0 saturated carbocycles. The zero-order chi connectivity index (χ0) is 32.0. The quantitative estimate of drug-likeness (QED) is 0.300. The van der Waals surface area contributed by atoms with Crippen LogP contribution in [-0.4, -0.2) is 69.0 Å². The van der Waals surface area contributed by atoms with Gasteiger partial charge in [-0.2, -0.15) is 8.78 Å². The number of carbonyl (C=O) groups excluding carboxylic acids is 3. The fourth-order valence-corrected chi connectivity index (χ4v) is 7.40. The van der Waals surface area contributed by atoms with Crippen LogP contribution in [0.15, 0.2) is 54.6 Å². The molecule has 0 aliphatic carbocycles. The SMILES string of the molecule is CC(C)(C)[C@H](NC(=O)c1cc2cc(C(F)(F)P(=O)(O)O)ccc2s1)C(=O)N1CCC[C@H]1C(=O)N1CC[C@H](c2ccccc2)C1. The van der Waals surface area contributed by atoms with Crippen LogP contribution in [-0.2, 0) is 19.8 Å². The third-order valence-electron chi connectivity index (χ3n) is 8.43. The summed E-state index contributed by atoms with van der Waals surface area (Å²) in [7, 11) is -5.76. The van der Waals surface area contributed by atoms with Gasteiger partial charge in [-0.3, -0.25) is 18.9 Å². The van der Waals surface area contributed by atoms with E-state index in [0.29, 0.717) is 37.2 Å². The van der Waals surface area contributed by atoms with E-state index in [1.54, 1.807) is 4.90 Å². The number of fused-ring (bicyclic) bond motifs is 1. The second kappa shape index (κ2) is 12.0. The Morgan fingerprint density at radius 3 is 2.39 bits per heavy atom. The Balaban J connectivity index is 1.32. The Bertz CT molecular complexity index is 1620. The highest BCUT2D eigenvalue weighted by Gasteiger charge is 2.50. The van der Waals surface area contributed by atoms with E-state index >= 15 is 0 Å². The monoisotopic (exact) mass is 647 g/mol. The van der Waals surface area contributed by atoms with Crippen molar-refractivity contribution in [2.45, 2.75) is 63.7 Å². The molecule has 2 aliphatic rings. The molecular weight excluding hydrogens is 611 g/mol. The van der Waals surface area contributed by atoms with Crippen LogP contribution in [0.3, 0.4) is 0 Å². The van der Waals surface area contributed by atoms with Crippen molar-refractivity contribution >= 4 is 46.7 Å². The minimum absolute atomic E-state index is 0.0827. The van der Waals surface area contributed by atoms with Crippen molar-refractivity contribution in [3.8, 4) is 0 Å². The molecule has 0 radical (unpaired) electrons. The normalized spacial score (nSPS) is 20.2. The number of likely N-dealkylation sites (tertiary alicyclic amines) is 2. The van der Waals surface area contributed by atoms with E-state index in [4.69, 9.17) is 9.79 Å². The van der Waals surface area contributed by atoms with Gasteiger partial charge in [0.2, 0.25) is 11.8 Å². The third kappa shape index (κ3) is 6.31. The summed E-state index contributed by atoms with van der Waals surface area (Å²) in [6.07, 6.45) is 2.06. The van der Waals surface area contributed by atoms with Crippen molar-refractivity contribution in [3.63, 3.8) is 0 Å². The Morgan fingerprint density at radius 1 is 1.02 bits per heavy atom. The number of rotatable bonds is 7. The molecule has 3 aromatic rings. The molecule has 2 fully saturated rings. The molecule has 3 N–H and O–H groups in total. The molecule has 0 spiro atoms. The lowest BCUT2D eigenvalue weighted by atomic mass is 9.85. The van der Waals surface area contributed by atoms with E-state index in [0.717, 1.165) is 29.9 Å². The van der Waals surface area contributed by atoms with Crippen LogP contribution in [0.5, 0.6) is 0 Å². The maximum Gasteiger partial charge on any atom is 0.399 e. The lowest BCUT2D eigenvalue weighted by Gasteiger charge is -2.36. The van der Waals surface area contributed by atoms with Gasteiger partial charge in [0.05, 0.1) is 4.88 Å². The van der Waals surface area contributed by atoms with E-state index in [1.807, 2.05) is 43.9 Å². The van der Waals surface area contributed by atoms with Crippen LogP contribution >= 0.6 is 18.9 Å². The first-order valence-corrected chi connectivity index (χ1v) is 16.9. The lowest BCUT2D eigenvalue weighted by molar-refractivity contribution is -0.145. The molecule has 13 heteroatoms. The Hall–Kier alpha value is -3.18. The minimum Gasteiger partial charge on any atom is -0.340 e. The van der Waals surface area contributed by atoms with Crippen LogP contribution < -0.4 is 5.32 Å². The topological polar surface area (TPSA) is 127 Å². The Kier molecular flexibility index (Phi) is 8.76. The van der Waals surface area contributed by atoms with Crippen LogP contribution in [0.1, 0.15) is 66.8 Å². The number of thiophene rings is 1. The van der Waals surface area contributed by atoms with Gasteiger partial charge in [-0.25, -0.2) is 0 Å². The van der Waals surface area contributed by atoms with Gasteiger partial charge < -0.3 is 24.9 Å². The van der Waals surface area contributed by atoms with Gasteiger partial charge in [0.1, 0.15) is 12.1 Å². The highest BCUT2D eigenvalue weighted by Crippen LogP contribution is 2.59. The summed E-state index contributed by atoms with van der Waals surface area (Å²) in [5, 5.41) is 3.04. The average molecular weight is 648 g/mol. The fourth-order valence-electron chi connectivity index (χ4n) is 5.98. The van der Waals surface area contributed by atoms with Crippen molar-refractivity contribution in [1.82, 2.24) is 15.1 Å². The van der Waals surface area contributed by atoms with Crippen LogP contribution in [0.2, 0.25) is 0 Å². The molecule has 236 valence electrons. The fraction of sp³-hybridized carbons (Fsp3) is 0.452. The summed E-state index contributed by atoms with van der Waals surface area (Å²) in [5.74, 6) is -0.784. The number of nitrogens with one attached hydrogen (secondary N) is 1. The Labute approximate surface area is 258 Å². The lowest BCUT2D eigenvalue weighted by Crippen LogP contribution is -2.57. The molecule has 2 aromatic carbocycles. The number of alkyl halides is 2. The largest absolute Gasteiger partial charge is 0.399 e. The third-order valence-corrected chi connectivity index (χ3v) is 10.5. The van der Waals surface area contributed by atoms with Gasteiger partial charge in [0, 0.05) is 35.8 Å². The average Bonchev–Trinajstić information content (AvgIpc) is 3.73. The van der Waals surface area contributed by atoms with Gasteiger partial charge in [-0.05, 0) is 53.8 Å². The standard InChI is InChI=1S/C31H36F2N3O6PS/c1-30(2,3)26(34-27(37)25-17-21-16-22(11-12-24(21)44-25)31(32,33)43(40,41)42)29(39)36-14-7-10-23(36)28(38)35-15-13-20(18-35)19-8-5-4-6-9-19/h4-6,8-9,11-12,16-17,20,23,26H,7,10,13-15,18H2,1-3H3,(H,34,37)(H2,40,41,42)/t20-,23-,26+/m0/s1. The number of hydrogen-bond donors (Lipinski definition) is 3. The number of hydrogen-bond acceptors (Lipinski definition) is 5. The van der Waals surface area contributed by atoms with Gasteiger partial charge in [0.15, 0.2) is 0 Å². The first-order valence-electron chi connectivity index (χ1n) is 14.5. The zero-order valence-electron chi connectivity index (χ0n) is 24.7. The molecule has 9 nitrogen and oxygen atoms in total. The molecule has 3 heterocycles. The van der Waals surface area contributed by atoms with Crippen LogP contribution in [0.4, 0.5) is 8.78 Å². The second-order valence-electron chi connectivity index (χ2n) is 12.6. The van der Waals surface area contributed by atoms with Crippen LogP contribution in [0.25, 0.3) is 10.1 Å². The van der Waals surface area contributed by atoms with Gasteiger partial charge in [-0.15, -0.1) is 11.3 Å². The number of benzene rings is 2. The molecule has 3 atom stereocenters. The number of nitrogens with zero attached hydrogens (tertiary/aromatic N) is 2. The molecule has 1 aromatic heterocycles. The zero-order valence-corrected chi connectivity index (χ0v) is 26.4. The predicted octanol–water partition coefficient (Wildman–Crippen LogP) is 5.28. The molecule has 44 heavy (non-hydrogen) atoms. The van der Waals surface area contributed by atoms with E-state index in [1.165, 1.54) is 17.7 Å². The molecule has 0 bridgehead atoms. The van der Waals surface area contributed by atoms with E-state index in [2.05, 4.69) is 17.4 Å². The minimum atomic E-state index is -5.76. The van der Waals surface area contributed by atoms with E-state index in [-0.39, 0.29) is 28.0 Å². The van der Waals surface area contributed by atoms with Crippen molar-refractivity contribution in [2.24, 2.45) is 5.41 Å². The number of halogens is 2. The van der Waals surface area contributed by atoms with Crippen molar-refractivity contribution in [2.75, 3.05) is 19.6 Å². The maximum absolute atomic E-state index is 14.3. The van der Waals surface area contributed by atoms with Gasteiger partial charge >= 0.3 is 13.3 Å². The molecule has 2 aliphatic heterocycles. The van der Waals surface area contributed by atoms with Gasteiger partial charge in [0.25, 0.3) is 5.91 Å². The number of carbonyl (C=O) groups is 3. The van der Waals surface area contributed by atoms with E-state index in [9.17, 15) is 27.7 Å². The molecule has 0 unspecified atom stereocenters. The molecular formula is C31H36F2N3O6PS.